The number of hydrazine groups is 1. The quantitative estimate of drug-likeness (QED) is 0.413. The van der Waals surface area contributed by atoms with Crippen LogP contribution in [0.5, 0.6) is 0 Å². The van der Waals surface area contributed by atoms with Gasteiger partial charge < -0.3 is 10.0 Å². The van der Waals surface area contributed by atoms with E-state index in [9.17, 15) is 24.0 Å². The molecule has 0 heterocycles. The number of allylic oxidation sites excluding steroid dienone is 8. The van der Waals surface area contributed by atoms with Crippen LogP contribution in [-0.2, 0) is 9.59 Å². The van der Waals surface area contributed by atoms with E-state index in [1.165, 1.54) is 11.1 Å². The number of carbonyl (C=O) groups is 2. The maximum atomic E-state index is 14.6. The zero-order chi connectivity index (χ0) is 24.9. The van der Waals surface area contributed by atoms with Crippen LogP contribution in [0.2, 0.25) is 0 Å². The largest absolute Gasteiger partial charge is 0.488 e. The first kappa shape index (κ1) is 26.8. The van der Waals surface area contributed by atoms with Crippen molar-refractivity contribution in [2.75, 3.05) is 0 Å². The Morgan fingerprint density at radius 2 is 1.85 bits per heavy atom. The molecule has 0 aliphatic heterocycles. The van der Waals surface area contributed by atoms with Crippen LogP contribution >= 0.6 is 0 Å². The molecule has 0 aromatic rings. The first-order valence-electron chi connectivity index (χ1n) is 11.4. The summed E-state index contributed by atoms with van der Waals surface area (Å²) in [5, 5.41) is 19.9. The normalized spacial score (nSPS) is 19.8. The number of carbonyl (C=O) groups excluding carboxylic acids is 2. The van der Waals surface area contributed by atoms with E-state index in [1.807, 2.05) is 39.0 Å². The Kier molecular flexibility index (Phi) is 9.03. The minimum Gasteiger partial charge on any atom is -0.423 e. The predicted octanol–water partition coefficient (Wildman–Crippen LogP) is 4.10. The van der Waals surface area contributed by atoms with Crippen LogP contribution in [0, 0.1) is 11.3 Å². The van der Waals surface area contributed by atoms with Crippen LogP contribution in [-0.4, -0.2) is 40.0 Å². The molecule has 2 aliphatic carbocycles. The van der Waals surface area contributed by atoms with Gasteiger partial charge in [0.15, 0.2) is 0 Å². The summed E-state index contributed by atoms with van der Waals surface area (Å²) in [7, 11) is -1.80. The average molecular weight is 458 g/mol. The lowest BCUT2D eigenvalue weighted by Gasteiger charge is -2.36. The second kappa shape index (κ2) is 11.1. The third-order valence-corrected chi connectivity index (χ3v) is 5.75. The van der Waals surface area contributed by atoms with E-state index in [0.717, 1.165) is 17.2 Å². The molecule has 180 valence electrons. The summed E-state index contributed by atoms with van der Waals surface area (Å²) in [4.78, 5) is 26.7. The molecule has 1 unspecified atom stereocenters. The highest BCUT2D eigenvalue weighted by Crippen LogP contribution is 2.29. The van der Waals surface area contributed by atoms with Gasteiger partial charge in [0.25, 0.3) is 5.91 Å². The first-order chi connectivity index (χ1) is 15.3. The van der Waals surface area contributed by atoms with Gasteiger partial charge in [0.1, 0.15) is 5.83 Å². The molecule has 8 heteroatoms. The van der Waals surface area contributed by atoms with Gasteiger partial charge in [-0.3, -0.25) is 15.0 Å². The zero-order valence-electron chi connectivity index (χ0n) is 20.5. The summed E-state index contributed by atoms with van der Waals surface area (Å²) in [6, 6.07) is -0.277. The fourth-order valence-electron chi connectivity index (χ4n) is 4.10. The van der Waals surface area contributed by atoms with Crippen molar-refractivity contribution in [3.63, 3.8) is 0 Å². The molecule has 0 aromatic heterocycles. The number of nitrogens with zero attached hydrogens (tertiary/aromatic N) is 1. The highest BCUT2D eigenvalue weighted by atomic mass is 19.1. The summed E-state index contributed by atoms with van der Waals surface area (Å²) in [6.45, 7) is 12.1. The Morgan fingerprint density at radius 1 is 1.18 bits per heavy atom. The Bertz CT molecular complexity index is 925. The van der Waals surface area contributed by atoms with Crippen molar-refractivity contribution in [3.05, 3.63) is 58.4 Å². The highest BCUT2D eigenvalue weighted by Gasteiger charge is 2.34. The van der Waals surface area contributed by atoms with E-state index in [1.54, 1.807) is 0 Å². The highest BCUT2D eigenvalue weighted by molar-refractivity contribution is 6.51. The molecule has 2 aliphatic rings. The van der Waals surface area contributed by atoms with Gasteiger partial charge in [-0.05, 0) is 56.5 Å². The van der Waals surface area contributed by atoms with Crippen LogP contribution in [0.25, 0.3) is 0 Å². The summed E-state index contributed by atoms with van der Waals surface area (Å²) in [5.74, 6) is -2.84. The maximum absolute atomic E-state index is 14.6. The molecule has 0 aromatic carbocycles. The Hall–Kier alpha value is -2.45. The number of rotatable bonds is 6. The van der Waals surface area contributed by atoms with Gasteiger partial charge in [0.05, 0.1) is 12.0 Å². The summed E-state index contributed by atoms with van der Waals surface area (Å²) < 4.78 is 14.6. The van der Waals surface area contributed by atoms with Gasteiger partial charge in [-0.2, -0.15) is 0 Å². The molecule has 0 saturated heterocycles. The minimum absolute atomic E-state index is 0.0108. The molecule has 2 amide bonds. The standard InChI is InChI=1S/C25H36BFN2O4/c1-7-20(15-25(4,5)6)29(24(31)18-9-8-16(2)12-17(3)13-18)28-23(30)21-11-10-19(26(32)33)14-22(21)27/h8,10,12-14,20-21,32-33H,7,9,11,15H2,1-6H3,(H,28,30)/t20-,21?/m1/s1. The molecular weight excluding hydrogens is 422 g/mol. The number of nitrogens with one attached hydrogen (secondary N) is 1. The van der Waals surface area contributed by atoms with Gasteiger partial charge in [-0.1, -0.05) is 63.1 Å². The van der Waals surface area contributed by atoms with E-state index in [2.05, 4.69) is 26.2 Å². The van der Waals surface area contributed by atoms with Gasteiger partial charge in [-0.25, -0.2) is 9.40 Å². The van der Waals surface area contributed by atoms with Crippen molar-refractivity contribution in [3.8, 4) is 0 Å². The molecular formula is C25H36BFN2O4. The Labute approximate surface area is 196 Å². The van der Waals surface area contributed by atoms with Crippen molar-refractivity contribution in [1.29, 1.82) is 0 Å². The van der Waals surface area contributed by atoms with Gasteiger partial charge in [0, 0.05) is 5.57 Å². The average Bonchev–Trinajstić information content (AvgIpc) is 2.88. The fourth-order valence-corrected chi connectivity index (χ4v) is 4.10. The molecule has 0 bridgehead atoms. The fraction of sp³-hybridized carbons (Fsp3) is 0.520. The summed E-state index contributed by atoms with van der Waals surface area (Å²) in [6.07, 6.45) is 9.87. The second-order valence-electron chi connectivity index (χ2n) is 10.1. The van der Waals surface area contributed by atoms with Crippen LogP contribution < -0.4 is 5.43 Å². The third kappa shape index (κ3) is 7.54. The van der Waals surface area contributed by atoms with Gasteiger partial charge >= 0.3 is 7.12 Å². The van der Waals surface area contributed by atoms with Crippen molar-refractivity contribution in [2.24, 2.45) is 11.3 Å². The SMILES string of the molecule is CC[C@H](CC(C)(C)C)N(NC(=O)C1CC=C(B(O)O)C=C1F)C(=O)C1=CC(C)=CC(C)=CC1. The third-order valence-electron chi connectivity index (χ3n) is 5.75. The Morgan fingerprint density at radius 3 is 2.39 bits per heavy atom. The van der Waals surface area contributed by atoms with Crippen molar-refractivity contribution in [2.45, 2.75) is 73.3 Å². The number of halogens is 1. The smallest absolute Gasteiger partial charge is 0.423 e. The molecule has 2 atom stereocenters. The van der Waals surface area contributed by atoms with E-state index in [0.29, 0.717) is 24.8 Å². The lowest BCUT2D eigenvalue weighted by atomic mass is 9.75. The number of hydrogen-bond donors (Lipinski definition) is 3. The van der Waals surface area contributed by atoms with E-state index >= 15 is 0 Å². The molecule has 0 spiro atoms. The van der Waals surface area contributed by atoms with Crippen LogP contribution in [0.15, 0.2) is 58.4 Å². The predicted molar refractivity (Wildman–Crippen MR) is 129 cm³/mol. The molecule has 0 radical (unpaired) electrons. The van der Waals surface area contributed by atoms with Crippen LogP contribution in [0.1, 0.15) is 67.2 Å². The molecule has 0 fully saturated rings. The minimum atomic E-state index is -1.80. The first-order valence-corrected chi connectivity index (χ1v) is 11.4. The van der Waals surface area contributed by atoms with Crippen molar-refractivity contribution >= 4 is 18.9 Å². The molecule has 0 saturated carbocycles. The van der Waals surface area contributed by atoms with E-state index in [-0.39, 0.29) is 29.3 Å². The monoisotopic (exact) mass is 458 g/mol. The van der Waals surface area contributed by atoms with Gasteiger partial charge in [-0.15, -0.1) is 0 Å². The molecule has 33 heavy (non-hydrogen) atoms. The molecule has 3 N–H and O–H groups in total. The van der Waals surface area contributed by atoms with E-state index < -0.39 is 24.8 Å². The second-order valence-corrected chi connectivity index (χ2v) is 10.1. The summed E-state index contributed by atoms with van der Waals surface area (Å²) >= 11 is 0. The van der Waals surface area contributed by atoms with Crippen LogP contribution in [0.3, 0.4) is 0 Å². The van der Waals surface area contributed by atoms with Crippen molar-refractivity contribution < 1.29 is 24.0 Å². The number of amides is 2. The summed E-state index contributed by atoms with van der Waals surface area (Å²) in [5.41, 5.74) is 5.18. The van der Waals surface area contributed by atoms with Crippen molar-refractivity contribution in [1.82, 2.24) is 10.4 Å². The molecule has 6 nitrogen and oxygen atoms in total. The van der Waals surface area contributed by atoms with Crippen LogP contribution in [0.4, 0.5) is 4.39 Å². The van der Waals surface area contributed by atoms with E-state index in [4.69, 9.17) is 0 Å². The molecule has 2 rings (SSSR count). The topological polar surface area (TPSA) is 89.9 Å². The lowest BCUT2D eigenvalue weighted by Crippen LogP contribution is -2.54. The Balaban J connectivity index is 2.34. The zero-order valence-corrected chi connectivity index (χ0v) is 20.5. The lowest BCUT2D eigenvalue weighted by molar-refractivity contribution is -0.144. The van der Waals surface area contributed by atoms with Gasteiger partial charge in [0.2, 0.25) is 5.91 Å². The number of hydrogen-bond acceptors (Lipinski definition) is 4. The maximum Gasteiger partial charge on any atom is 0.488 e.